The Morgan fingerprint density at radius 3 is 2.52 bits per heavy atom. The zero-order chi connectivity index (χ0) is 18.0. The van der Waals surface area contributed by atoms with E-state index in [0.29, 0.717) is 28.0 Å². The maximum atomic E-state index is 12.7. The third kappa shape index (κ3) is 3.34. The van der Waals surface area contributed by atoms with E-state index in [-0.39, 0.29) is 0 Å². The van der Waals surface area contributed by atoms with Gasteiger partial charge in [0.05, 0.1) is 10.9 Å². The van der Waals surface area contributed by atoms with Gasteiger partial charge in [-0.3, -0.25) is 9.59 Å². The molecule has 0 spiro atoms. The summed E-state index contributed by atoms with van der Waals surface area (Å²) < 4.78 is 0.966. The molecule has 0 unspecified atom stereocenters. The Balaban J connectivity index is 2.02. The van der Waals surface area contributed by atoms with E-state index in [1.807, 2.05) is 0 Å². The smallest absolute Gasteiger partial charge is 0.324 e. The fraction of sp³-hybridized carbons (Fsp3) is 0.167. The summed E-state index contributed by atoms with van der Waals surface area (Å²) in [7, 11) is 0. The van der Waals surface area contributed by atoms with Crippen LogP contribution >= 0.6 is 11.6 Å². The summed E-state index contributed by atoms with van der Waals surface area (Å²) in [6, 6.07) is 12.4. The van der Waals surface area contributed by atoms with E-state index in [1.54, 1.807) is 55.5 Å². The Labute approximate surface area is 148 Å². The first kappa shape index (κ1) is 17.0. The van der Waals surface area contributed by atoms with Gasteiger partial charge in [-0.1, -0.05) is 30.7 Å². The zero-order valence-corrected chi connectivity index (χ0v) is 14.2. The number of hydrogen-bond acceptors (Lipinski definition) is 3. The number of nitrogens with zero attached hydrogens (tertiary/aromatic N) is 1. The molecule has 7 heteroatoms. The first-order chi connectivity index (χ1) is 12.0. The number of aromatic nitrogens is 2. The minimum Gasteiger partial charge on any atom is -0.324 e. The summed E-state index contributed by atoms with van der Waals surface area (Å²) in [4.78, 5) is 40.3. The van der Waals surface area contributed by atoms with E-state index >= 15 is 0 Å². The van der Waals surface area contributed by atoms with Gasteiger partial charge >= 0.3 is 5.69 Å². The molecule has 128 valence electrons. The van der Waals surface area contributed by atoms with Crippen LogP contribution in [-0.4, -0.2) is 15.5 Å². The van der Waals surface area contributed by atoms with Gasteiger partial charge < -0.3 is 10.3 Å². The molecule has 0 radical (unpaired) electrons. The highest BCUT2D eigenvalue weighted by Crippen LogP contribution is 2.16. The summed E-state index contributed by atoms with van der Waals surface area (Å²) in [5.74, 6) is -0.437. The summed E-state index contributed by atoms with van der Waals surface area (Å²) in [6.45, 7) is 1.74. The minimum atomic E-state index is -0.920. The lowest BCUT2D eigenvalue weighted by Gasteiger charge is -2.17. The number of carbonyl (C=O) groups is 1. The molecule has 2 aromatic carbocycles. The molecule has 0 aliphatic heterocycles. The molecule has 0 saturated carbocycles. The largest absolute Gasteiger partial charge is 0.329 e. The van der Waals surface area contributed by atoms with Crippen molar-refractivity contribution in [1.29, 1.82) is 0 Å². The standard InChI is InChI=1S/C18H16ClN3O3/c1-2-15(16(23)20-12-9-7-11(19)8-10-12)22-17(24)13-5-3-4-6-14(13)21-18(22)25/h3-10,15H,2H2,1H3,(H,20,23)(H,21,25)/t15-/m0/s1. The predicted molar refractivity (Wildman–Crippen MR) is 98.2 cm³/mol. The van der Waals surface area contributed by atoms with Crippen LogP contribution < -0.4 is 16.6 Å². The molecule has 0 aliphatic rings. The van der Waals surface area contributed by atoms with Crippen LogP contribution in [0.15, 0.2) is 58.1 Å². The van der Waals surface area contributed by atoms with Crippen LogP contribution in [0.25, 0.3) is 10.9 Å². The Morgan fingerprint density at radius 2 is 1.84 bits per heavy atom. The lowest BCUT2D eigenvalue weighted by Crippen LogP contribution is -2.42. The quantitative estimate of drug-likeness (QED) is 0.753. The Kier molecular flexibility index (Phi) is 4.72. The average Bonchev–Trinajstić information content (AvgIpc) is 2.60. The molecule has 0 fully saturated rings. The van der Waals surface area contributed by atoms with E-state index in [0.717, 1.165) is 4.57 Å². The number of hydrogen-bond donors (Lipinski definition) is 2. The van der Waals surface area contributed by atoms with Gasteiger partial charge in [-0.15, -0.1) is 0 Å². The fourth-order valence-corrected chi connectivity index (χ4v) is 2.83. The molecule has 3 rings (SSSR count). The number of aromatic amines is 1. The van der Waals surface area contributed by atoms with E-state index in [9.17, 15) is 14.4 Å². The molecular formula is C18H16ClN3O3. The Hall–Kier alpha value is -2.86. The third-order valence-corrected chi connectivity index (χ3v) is 4.20. The summed E-state index contributed by atoms with van der Waals surface area (Å²) in [6.07, 6.45) is 0.292. The molecule has 3 aromatic rings. The van der Waals surface area contributed by atoms with Crippen molar-refractivity contribution in [3.8, 4) is 0 Å². The fourth-order valence-electron chi connectivity index (χ4n) is 2.70. The lowest BCUT2D eigenvalue weighted by molar-refractivity contribution is -0.119. The molecule has 1 heterocycles. The molecule has 6 nitrogen and oxygen atoms in total. The monoisotopic (exact) mass is 357 g/mol. The highest BCUT2D eigenvalue weighted by atomic mass is 35.5. The van der Waals surface area contributed by atoms with Crippen molar-refractivity contribution in [2.75, 3.05) is 5.32 Å². The molecule has 1 amide bonds. The predicted octanol–water partition coefficient (Wildman–Crippen LogP) is 2.93. The maximum absolute atomic E-state index is 12.7. The van der Waals surface area contributed by atoms with Gasteiger partial charge in [0.25, 0.3) is 5.56 Å². The topological polar surface area (TPSA) is 84.0 Å². The molecule has 25 heavy (non-hydrogen) atoms. The van der Waals surface area contributed by atoms with Crippen LogP contribution in [0.1, 0.15) is 19.4 Å². The van der Waals surface area contributed by atoms with Crippen LogP contribution in [0, 0.1) is 0 Å². The number of carbonyl (C=O) groups excluding carboxylic acids is 1. The second-order valence-corrected chi connectivity index (χ2v) is 6.01. The van der Waals surface area contributed by atoms with Crippen molar-refractivity contribution in [1.82, 2.24) is 9.55 Å². The SMILES string of the molecule is CC[C@@H](C(=O)Nc1ccc(Cl)cc1)n1c(=O)[nH]c2ccccc2c1=O. The minimum absolute atomic E-state index is 0.292. The van der Waals surface area contributed by atoms with Crippen molar-refractivity contribution in [3.05, 3.63) is 74.4 Å². The van der Waals surface area contributed by atoms with Crippen LogP contribution in [0.5, 0.6) is 0 Å². The van der Waals surface area contributed by atoms with E-state index in [2.05, 4.69) is 10.3 Å². The second-order valence-electron chi connectivity index (χ2n) is 5.57. The normalized spacial score (nSPS) is 12.1. The summed E-state index contributed by atoms with van der Waals surface area (Å²) in [5.41, 5.74) is -0.112. The molecule has 1 aromatic heterocycles. The Bertz CT molecular complexity index is 1040. The van der Waals surface area contributed by atoms with E-state index < -0.39 is 23.2 Å². The van der Waals surface area contributed by atoms with Crippen molar-refractivity contribution in [2.24, 2.45) is 0 Å². The van der Waals surface area contributed by atoms with Gasteiger partial charge in [0, 0.05) is 10.7 Å². The van der Waals surface area contributed by atoms with Gasteiger partial charge in [-0.05, 0) is 42.8 Å². The molecule has 0 saturated heterocycles. The number of anilines is 1. The third-order valence-electron chi connectivity index (χ3n) is 3.95. The zero-order valence-electron chi connectivity index (χ0n) is 13.5. The molecule has 0 bridgehead atoms. The lowest BCUT2D eigenvalue weighted by atomic mass is 10.1. The number of fused-ring (bicyclic) bond motifs is 1. The summed E-state index contributed by atoms with van der Waals surface area (Å²) >= 11 is 5.83. The van der Waals surface area contributed by atoms with Gasteiger partial charge in [-0.2, -0.15) is 0 Å². The van der Waals surface area contributed by atoms with Crippen molar-refractivity contribution in [3.63, 3.8) is 0 Å². The van der Waals surface area contributed by atoms with Crippen molar-refractivity contribution in [2.45, 2.75) is 19.4 Å². The molecule has 0 aliphatic carbocycles. The highest BCUT2D eigenvalue weighted by Gasteiger charge is 2.23. The molecule has 2 N–H and O–H groups in total. The van der Waals surface area contributed by atoms with Crippen molar-refractivity contribution < 1.29 is 4.79 Å². The second kappa shape index (κ2) is 6.94. The number of benzene rings is 2. The molecular weight excluding hydrogens is 342 g/mol. The van der Waals surface area contributed by atoms with Crippen molar-refractivity contribution >= 4 is 34.1 Å². The summed E-state index contributed by atoms with van der Waals surface area (Å²) in [5, 5.41) is 3.62. The number of halogens is 1. The number of amides is 1. The van der Waals surface area contributed by atoms with Crippen LogP contribution in [0.2, 0.25) is 5.02 Å². The first-order valence-corrected chi connectivity index (χ1v) is 8.19. The van der Waals surface area contributed by atoms with Crippen LogP contribution in [0.3, 0.4) is 0 Å². The Morgan fingerprint density at radius 1 is 1.16 bits per heavy atom. The number of nitrogens with one attached hydrogen (secondary N) is 2. The number of rotatable bonds is 4. The first-order valence-electron chi connectivity index (χ1n) is 7.81. The van der Waals surface area contributed by atoms with Gasteiger partial charge in [0.15, 0.2) is 0 Å². The maximum Gasteiger partial charge on any atom is 0.329 e. The number of para-hydroxylation sites is 1. The van der Waals surface area contributed by atoms with Crippen LogP contribution in [-0.2, 0) is 4.79 Å². The van der Waals surface area contributed by atoms with Gasteiger partial charge in [0.2, 0.25) is 5.91 Å². The van der Waals surface area contributed by atoms with E-state index in [1.165, 1.54) is 0 Å². The highest BCUT2D eigenvalue weighted by molar-refractivity contribution is 6.30. The van der Waals surface area contributed by atoms with Gasteiger partial charge in [-0.25, -0.2) is 9.36 Å². The van der Waals surface area contributed by atoms with E-state index in [4.69, 9.17) is 11.6 Å². The molecule has 1 atom stereocenters. The average molecular weight is 358 g/mol. The number of H-pyrrole nitrogens is 1. The van der Waals surface area contributed by atoms with Crippen LogP contribution in [0.4, 0.5) is 5.69 Å². The van der Waals surface area contributed by atoms with Gasteiger partial charge in [0.1, 0.15) is 6.04 Å².